The highest BCUT2D eigenvalue weighted by Crippen LogP contribution is 2.07. The zero-order chi connectivity index (χ0) is 15.1. The molecule has 0 aliphatic heterocycles. The molecule has 0 heterocycles. The molecule has 0 fully saturated rings. The van der Waals surface area contributed by atoms with E-state index in [1.807, 2.05) is 13.8 Å². The van der Waals surface area contributed by atoms with Crippen LogP contribution < -0.4 is 5.32 Å². The Kier molecular flexibility index (Phi) is 7.11. The number of hydrogen-bond donors (Lipinski definition) is 1. The van der Waals surface area contributed by atoms with Gasteiger partial charge in [-0.25, -0.2) is 9.59 Å². The van der Waals surface area contributed by atoms with Crippen LogP contribution in [-0.4, -0.2) is 36.6 Å². The Labute approximate surface area is 113 Å². The van der Waals surface area contributed by atoms with Crippen LogP contribution in [0.1, 0.15) is 41.0 Å². The maximum atomic E-state index is 11.7. The lowest BCUT2D eigenvalue weighted by Gasteiger charge is -2.22. The molecule has 110 valence electrons. The molecule has 0 unspecified atom stereocenters. The van der Waals surface area contributed by atoms with Crippen molar-refractivity contribution in [3.63, 3.8) is 0 Å². The average Bonchev–Trinajstić information content (AvgIpc) is 2.22. The summed E-state index contributed by atoms with van der Waals surface area (Å²) in [6, 6.07) is -1.01. The van der Waals surface area contributed by atoms with E-state index < -0.39 is 23.7 Å². The van der Waals surface area contributed by atoms with Crippen LogP contribution in [0.5, 0.6) is 0 Å². The normalized spacial score (nSPS) is 12.7. The van der Waals surface area contributed by atoms with Gasteiger partial charge in [0.1, 0.15) is 17.9 Å². The van der Waals surface area contributed by atoms with E-state index in [2.05, 4.69) is 5.32 Å². The van der Waals surface area contributed by atoms with Gasteiger partial charge in [-0.3, -0.25) is 0 Å². The van der Waals surface area contributed by atoms with Gasteiger partial charge in [0.15, 0.2) is 0 Å². The van der Waals surface area contributed by atoms with Crippen molar-refractivity contribution in [1.82, 2.24) is 5.32 Å². The third-order valence-corrected chi connectivity index (χ3v) is 1.87. The van der Waals surface area contributed by atoms with E-state index in [9.17, 15) is 14.4 Å². The predicted octanol–water partition coefficient (Wildman–Crippen LogP) is 1.67. The number of amides is 1. The van der Waals surface area contributed by atoms with Gasteiger partial charge in [-0.2, -0.15) is 0 Å². The first-order chi connectivity index (χ1) is 8.65. The minimum Gasteiger partial charge on any atom is -0.464 e. The minimum atomic E-state index is -1.01. The monoisotopic (exact) mass is 273 g/mol. The number of aldehydes is 1. The van der Waals surface area contributed by atoms with Crippen LogP contribution in [0.3, 0.4) is 0 Å². The van der Waals surface area contributed by atoms with Gasteiger partial charge >= 0.3 is 12.1 Å². The summed E-state index contributed by atoms with van der Waals surface area (Å²) in [5.41, 5.74) is -0.669. The van der Waals surface area contributed by atoms with Crippen molar-refractivity contribution in [2.24, 2.45) is 5.92 Å². The summed E-state index contributed by atoms with van der Waals surface area (Å²) >= 11 is 0. The summed E-state index contributed by atoms with van der Waals surface area (Å²) in [5.74, 6) is -0.450. The van der Waals surface area contributed by atoms with Crippen LogP contribution in [0.25, 0.3) is 0 Å². The zero-order valence-electron chi connectivity index (χ0n) is 12.2. The first kappa shape index (κ1) is 17.4. The van der Waals surface area contributed by atoms with Gasteiger partial charge < -0.3 is 19.6 Å². The minimum absolute atomic E-state index is 0.143. The molecule has 6 heteroatoms. The number of esters is 1. The summed E-state index contributed by atoms with van der Waals surface area (Å²) in [5, 5.41) is 2.33. The highest BCUT2D eigenvalue weighted by molar-refractivity contribution is 5.83. The quantitative estimate of drug-likeness (QED) is 0.588. The topological polar surface area (TPSA) is 81.7 Å². The average molecular weight is 273 g/mol. The van der Waals surface area contributed by atoms with Crippen LogP contribution in [0.4, 0.5) is 4.79 Å². The second-order valence-electron chi connectivity index (χ2n) is 5.63. The molecular weight excluding hydrogens is 250 g/mol. The summed E-state index contributed by atoms with van der Waals surface area (Å²) < 4.78 is 10.00. The highest BCUT2D eigenvalue weighted by Gasteiger charge is 2.25. The van der Waals surface area contributed by atoms with Crippen LogP contribution >= 0.6 is 0 Å². The molecule has 0 spiro atoms. The van der Waals surface area contributed by atoms with Crippen molar-refractivity contribution in [2.75, 3.05) is 6.61 Å². The second kappa shape index (κ2) is 7.76. The smallest absolute Gasteiger partial charge is 0.408 e. The number of nitrogens with one attached hydrogen (secondary N) is 1. The largest absolute Gasteiger partial charge is 0.464 e. The van der Waals surface area contributed by atoms with Crippen molar-refractivity contribution >= 4 is 18.3 Å². The number of alkyl carbamates (subject to hydrolysis) is 1. The molecule has 1 N–H and O–H groups in total. The van der Waals surface area contributed by atoms with Crippen molar-refractivity contribution in [3.05, 3.63) is 0 Å². The molecule has 0 saturated heterocycles. The Bertz CT molecular complexity index is 319. The molecule has 1 atom stereocenters. The number of carbonyl (C=O) groups is 3. The predicted molar refractivity (Wildman–Crippen MR) is 69.6 cm³/mol. The van der Waals surface area contributed by atoms with Crippen LogP contribution in [0.2, 0.25) is 0 Å². The van der Waals surface area contributed by atoms with Crippen LogP contribution in [-0.2, 0) is 19.1 Å². The number of carbonyl (C=O) groups excluding carboxylic acids is 3. The maximum Gasteiger partial charge on any atom is 0.408 e. The first-order valence-corrected chi connectivity index (χ1v) is 6.25. The Morgan fingerprint density at radius 1 is 1.26 bits per heavy atom. The molecule has 1 amide bonds. The lowest BCUT2D eigenvalue weighted by Crippen LogP contribution is -2.44. The van der Waals surface area contributed by atoms with E-state index in [1.165, 1.54) is 0 Å². The molecule has 0 bridgehead atoms. The van der Waals surface area contributed by atoms with Gasteiger partial charge in [-0.15, -0.1) is 0 Å². The summed E-state index contributed by atoms with van der Waals surface area (Å²) in [6.45, 7) is 9.14. The first-order valence-electron chi connectivity index (χ1n) is 6.25. The third kappa shape index (κ3) is 9.04. The van der Waals surface area contributed by atoms with Gasteiger partial charge in [-0.05, 0) is 26.7 Å². The summed E-state index contributed by atoms with van der Waals surface area (Å²) in [7, 11) is 0. The third-order valence-electron chi connectivity index (χ3n) is 1.87. The van der Waals surface area contributed by atoms with Gasteiger partial charge in [0.25, 0.3) is 0 Å². The van der Waals surface area contributed by atoms with Crippen molar-refractivity contribution in [1.29, 1.82) is 0 Å². The Hall–Kier alpha value is -1.59. The van der Waals surface area contributed by atoms with Crippen LogP contribution in [0, 0.1) is 5.92 Å². The van der Waals surface area contributed by atoms with E-state index in [0.717, 1.165) is 0 Å². The van der Waals surface area contributed by atoms with Crippen molar-refractivity contribution in [3.8, 4) is 0 Å². The fourth-order valence-corrected chi connectivity index (χ4v) is 1.11. The number of rotatable bonds is 6. The Morgan fingerprint density at radius 2 is 1.84 bits per heavy atom. The molecule has 0 saturated carbocycles. The molecule has 0 aromatic carbocycles. The molecular formula is C13H23NO5. The number of ether oxygens (including phenoxy) is 2. The lowest BCUT2D eigenvalue weighted by atomic mass is 10.2. The molecule has 0 rings (SSSR count). The van der Waals surface area contributed by atoms with Crippen LogP contribution in [0.15, 0.2) is 0 Å². The molecule has 0 aliphatic carbocycles. The molecule has 0 aromatic rings. The Morgan fingerprint density at radius 3 is 2.26 bits per heavy atom. The fourth-order valence-electron chi connectivity index (χ4n) is 1.11. The standard InChI is InChI=1S/C13H23NO5/c1-9(2)8-18-11(16)10(6-7-15)14-12(17)19-13(3,4)5/h7,9-10H,6,8H2,1-5H3,(H,14,17)/t10-/m0/s1. The summed E-state index contributed by atoms with van der Waals surface area (Å²) in [6.07, 6.45) is -0.338. The SMILES string of the molecule is CC(C)COC(=O)[C@H](CC=O)NC(=O)OC(C)(C)C. The van der Waals surface area contributed by atoms with Crippen molar-refractivity contribution in [2.45, 2.75) is 52.7 Å². The molecule has 19 heavy (non-hydrogen) atoms. The van der Waals surface area contributed by atoms with E-state index in [-0.39, 0.29) is 18.9 Å². The van der Waals surface area contributed by atoms with Crippen molar-refractivity contribution < 1.29 is 23.9 Å². The second-order valence-corrected chi connectivity index (χ2v) is 5.63. The molecule has 6 nitrogen and oxygen atoms in total. The van der Waals surface area contributed by atoms with Gasteiger partial charge in [0.05, 0.1) is 6.61 Å². The van der Waals surface area contributed by atoms with E-state index in [0.29, 0.717) is 6.29 Å². The number of hydrogen-bond acceptors (Lipinski definition) is 5. The highest BCUT2D eigenvalue weighted by atomic mass is 16.6. The molecule has 0 radical (unpaired) electrons. The molecule has 0 aromatic heterocycles. The van der Waals surface area contributed by atoms with Gasteiger partial charge in [0, 0.05) is 6.42 Å². The van der Waals surface area contributed by atoms with Gasteiger partial charge in [0.2, 0.25) is 0 Å². The van der Waals surface area contributed by atoms with Gasteiger partial charge in [-0.1, -0.05) is 13.8 Å². The van der Waals surface area contributed by atoms with E-state index in [4.69, 9.17) is 9.47 Å². The lowest BCUT2D eigenvalue weighted by molar-refractivity contribution is -0.148. The summed E-state index contributed by atoms with van der Waals surface area (Å²) in [4.78, 5) is 33.7. The van der Waals surface area contributed by atoms with E-state index in [1.54, 1.807) is 20.8 Å². The molecule has 0 aliphatic rings. The fraction of sp³-hybridized carbons (Fsp3) is 0.769. The zero-order valence-corrected chi connectivity index (χ0v) is 12.2. The van der Waals surface area contributed by atoms with E-state index >= 15 is 0 Å². The Balaban J connectivity index is 4.43. The maximum absolute atomic E-state index is 11.7.